The van der Waals surface area contributed by atoms with Crippen molar-refractivity contribution in [2.24, 2.45) is 5.92 Å². The first kappa shape index (κ1) is 20.6. The van der Waals surface area contributed by atoms with Crippen LogP contribution < -0.4 is 15.5 Å². The smallest absolute Gasteiger partial charge is 0.253 e. The molecule has 0 saturated carbocycles. The molecule has 2 aromatic rings. The molecule has 1 aliphatic rings. The number of para-hydroxylation sites is 1. The fourth-order valence-electron chi connectivity index (χ4n) is 3.50. The first-order chi connectivity index (χ1) is 13.9. The molecule has 0 spiro atoms. The van der Waals surface area contributed by atoms with Gasteiger partial charge in [0.15, 0.2) is 0 Å². The zero-order valence-electron chi connectivity index (χ0n) is 17.1. The van der Waals surface area contributed by atoms with E-state index in [0.717, 1.165) is 23.2 Å². The van der Waals surface area contributed by atoms with Gasteiger partial charge in [0.25, 0.3) is 5.91 Å². The standard InChI is InChI=1S/C23H27N3O3/c1-4-12-24-23(29)18-9-5-6-10-19(18)25-22(28)17-13-21(27)26(14-17)20-11-7-8-15(2)16(20)3/h5-11,17H,4,12-14H2,1-3H3,(H,24,29)(H,25,28)/t17-/m0/s1. The highest BCUT2D eigenvalue weighted by Gasteiger charge is 2.36. The Balaban J connectivity index is 1.74. The molecule has 1 heterocycles. The van der Waals surface area contributed by atoms with E-state index in [1.54, 1.807) is 29.2 Å². The largest absolute Gasteiger partial charge is 0.352 e. The number of carbonyl (C=O) groups is 3. The van der Waals surface area contributed by atoms with Gasteiger partial charge in [0, 0.05) is 25.2 Å². The van der Waals surface area contributed by atoms with E-state index in [1.165, 1.54) is 0 Å². The highest BCUT2D eigenvalue weighted by molar-refractivity contribution is 6.07. The summed E-state index contributed by atoms with van der Waals surface area (Å²) in [5.74, 6) is -0.994. The van der Waals surface area contributed by atoms with Gasteiger partial charge in [0.1, 0.15) is 0 Å². The predicted molar refractivity (Wildman–Crippen MR) is 114 cm³/mol. The lowest BCUT2D eigenvalue weighted by atomic mass is 10.1. The van der Waals surface area contributed by atoms with Crippen LogP contribution in [0.4, 0.5) is 11.4 Å². The Labute approximate surface area is 171 Å². The molecule has 6 heteroatoms. The summed E-state index contributed by atoms with van der Waals surface area (Å²) in [5.41, 5.74) is 3.88. The first-order valence-corrected chi connectivity index (χ1v) is 9.97. The van der Waals surface area contributed by atoms with E-state index in [1.807, 2.05) is 39.0 Å². The van der Waals surface area contributed by atoms with Crippen molar-refractivity contribution in [2.75, 3.05) is 23.3 Å². The summed E-state index contributed by atoms with van der Waals surface area (Å²) in [6, 6.07) is 12.8. The molecule has 29 heavy (non-hydrogen) atoms. The van der Waals surface area contributed by atoms with Crippen molar-refractivity contribution in [1.82, 2.24) is 5.32 Å². The van der Waals surface area contributed by atoms with Gasteiger partial charge in [0.05, 0.1) is 17.2 Å². The zero-order valence-corrected chi connectivity index (χ0v) is 17.1. The van der Waals surface area contributed by atoms with Crippen LogP contribution in [0.3, 0.4) is 0 Å². The minimum Gasteiger partial charge on any atom is -0.352 e. The van der Waals surface area contributed by atoms with Crippen molar-refractivity contribution in [2.45, 2.75) is 33.6 Å². The van der Waals surface area contributed by atoms with Crippen LogP contribution >= 0.6 is 0 Å². The van der Waals surface area contributed by atoms with Crippen LogP contribution in [0.2, 0.25) is 0 Å². The second kappa shape index (κ2) is 8.90. The fraction of sp³-hybridized carbons (Fsp3) is 0.348. The van der Waals surface area contributed by atoms with Crippen molar-refractivity contribution < 1.29 is 14.4 Å². The number of aryl methyl sites for hydroxylation is 1. The maximum atomic E-state index is 12.9. The molecule has 0 unspecified atom stereocenters. The van der Waals surface area contributed by atoms with E-state index in [-0.39, 0.29) is 24.1 Å². The second-order valence-electron chi connectivity index (χ2n) is 7.42. The molecule has 2 N–H and O–H groups in total. The van der Waals surface area contributed by atoms with Crippen molar-refractivity contribution in [1.29, 1.82) is 0 Å². The molecular weight excluding hydrogens is 366 g/mol. The summed E-state index contributed by atoms with van der Waals surface area (Å²) >= 11 is 0. The van der Waals surface area contributed by atoms with Crippen molar-refractivity contribution in [3.8, 4) is 0 Å². The number of anilines is 2. The number of nitrogens with zero attached hydrogens (tertiary/aromatic N) is 1. The molecule has 0 bridgehead atoms. The first-order valence-electron chi connectivity index (χ1n) is 9.97. The third-order valence-electron chi connectivity index (χ3n) is 5.33. The molecule has 152 valence electrons. The third-order valence-corrected chi connectivity index (χ3v) is 5.33. The van der Waals surface area contributed by atoms with Gasteiger partial charge in [-0.2, -0.15) is 0 Å². The van der Waals surface area contributed by atoms with Gasteiger partial charge < -0.3 is 15.5 Å². The van der Waals surface area contributed by atoms with E-state index in [9.17, 15) is 14.4 Å². The van der Waals surface area contributed by atoms with Gasteiger partial charge in [-0.05, 0) is 49.6 Å². The van der Waals surface area contributed by atoms with E-state index >= 15 is 0 Å². The topological polar surface area (TPSA) is 78.5 Å². The number of benzene rings is 2. The summed E-state index contributed by atoms with van der Waals surface area (Å²) in [5, 5.41) is 5.68. The summed E-state index contributed by atoms with van der Waals surface area (Å²) < 4.78 is 0. The quantitative estimate of drug-likeness (QED) is 0.789. The number of rotatable bonds is 6. The van der Waals surface area contributed by atoms with Crippen LogP contribution in [-0.4, -0.2) is 30.8 Å². The number of nitrogens with one attached hydrogen (secondary N) is 2. The molecule has 6 nitrogen and oxygen atoms in total. The lowest BCUT2D eigenvalue weighted by Gasteiger charge is -2.20. The second-order valence-corrected chi connectivity index (χ2v) is 7.42. The van der Waals surface area contributed by atoms with Crippen LogP contribution in [0.5, 0.6) is 0 Å². The van der Waals surface area contributed by atoms with Crippen LogP contribution in [0.1, 0.15) is 41.3 Å². The lowest BCUT2D eigenvalue weighted by molar-refractivity contribution is -0.122. The minimum absolute atomic E-state index is 0.0622. The SMILES string of the molecule is CCCNC(=O)c1ccccc1NC(=O)[C@H]1CC(=O)N(c2cccc(C)c2C)C1. The normalized spacial score (nSPS) is 16.0. The Morgan fingerprint density at radius 3 is 2.62 bits per heavy atom. The van der Waals surface area contributed by atoms with Gasteiger partial charge in [-0.1, -0.05) is 31.2 Å². The summed E-state index contributed by atoms with van der Waals surface area (Å²) in [6.07, 6.45) is 0.988. The molecule has 1 aliphatic heterocycles. The molecule has 1 fully saturated rings. The molecule has 1 saturated heterocycles. The predicted octanol–water partition coefficient (Wildman–Crippen LogP) is 3.43. The van der Waals surface area contributed by atoms with Crippen LogP contribution in [-0.2, 0) is 9.59 Å². The molecule has 0 aromatic heterocycles. The summed E-state index contributed by atoms with van der Waals surface area (Å²) in [4.78, 5) is 39.5. The molecular formula is C23H27N3O3. The number of carbonyl (C=O) groups excluding carboxylic acids is 3. The Hall–Kier alpha value is -3.15. The van der Waals surface area contributed by atoms with Gasteiger partial charge in [-0.3, -0.25) is 14.4 Å². The summed E-state index contributed by atoms with van der Waals surface area (Å²) in [7, 11) is 0. The maximum Gasteiger partial charge on any atom is 0.253 e. The average molecular weight is 393 g/mol. The lowest BCUT2D eigenvalue weighted by Crippen LogP contribution is -2.30. The van der Waals surface area contributed by atoms with Gasteiger partial charge in [-0.15, -0.1) is 0 Å². The van der Waals surface area contributed by atoms with Crippen LogP contribution in [0.15, 0.2) is 42.5 Å². The number of amides is 3. The highest BCUT2D eigenvalue weighted by atomic mass is 16.2. The number of hydrogen-bond donors (Lipinski definition) is 2. The highest BCUT2D eigenvalue weighted by Crippen LogP contribution is 2.30. The van der Waals surface area contributed by atoms with E-state index in [0.29, 0.717) is 24.3 Å². The Morgan fingerprint density at radius 2 is 1.86 bits per heavy atom. The third kappa shape index (κ3) is 4.47. The van der Waals surface area contributed by atoms with Crippen molar-refractivity contribution >= 4 is 29.1 Å². The molecule has 3 rings (SSSR count). The Bertz CT molecular complexity index is 939. The van der Waals surface area contributed by atoms with Gasteiger partial charge in [-0.25, -0.2) is 0 Å². The monoisotopic (exact) mass is 393 g/mol. The van der Waals surface area contributed by atoms with Crippen molar-refractivity contribution in [3.05, 3.63) is 59.2 Å². The minimum atomic E-state index is -0.464. The van der Waals surface area contributed by atoms with E-state index in [4.69, 9.17) is 0 Å². The van der Waals surface area contributed by atoms with Crippen molar-refractivity contribution in [3.63, 3.8) is 0 Å². The van der Waals surface area contributed by atoms with E-state index < -0.39 is 5.92 Å². The molecule has 3 amide bonds. The molecule has 2 aromatic carbocycles. The average Bonchev–Trinajstić information content (AvgIpc) is 3.10. The van der Waals surface area contributed by atoms with Gasteiger partial charge >= 0.3 is 0 Å². The maximum absolute atomic E-state index is 12.9. The summed E-state index contributed by atoms with van der Waals surface area (Å²) in [6.45, 7) is 6.87. The molecule has 1 atom stereocenters. The van der Waals surface area contributed by atoms with Crippen LogP contribution in [0.25, 0.3) is 0 Å². The van der Waals surface area contributed by atoms with Gasteiger partial charge in [0.2, 0.25) is 11.8 Å². The Morgan fingerprint density at radius 1 is 1.10 bits per heavy atom. The molecule has 0 aliphatic carbocycles. The molecule has 0 radical (unpaired) electrons. The van der Waals surface area contributed by atoms with Crippen LogP contribution in [0, 0.1) is 19.8 Å². The fourth-order valence-corrected chi connectivity index (χ4v) is 3.50. The zero-order chi connectivity index (χ0) is 21.0. The number of hydrogen-bond acceptors (Lipinski definition) is 3. The Kier molecular flexibility index (Phi) is 6.32. The van der Waals surface area contributed by atoms with E-state index in [2.05, 4.69) is 10.6 Å².